The van der Waals surface area contributed by atoms with Gasteiger partial charge in [0.1, 0.15) is 6.04 Å². The van der Waals surface area contributed by atoms with E-state index in [4.69, 9.17) is 0 Å². The molecule has 0 bridgehead atoms. The topological polar surface area (TPSA) is 83.1 Å². The number of hydrogen-bond donors (Lipinski definition) is 3. The first-order chi connectivity index (χ1) is 11.5. The summed E-state index contributed by atoms with van der Waals surface area (Å²) in [4.78, 5) is 28.0. The lowest BCUT2D eigenvalue weighted by molar-refractivity contribution is -0.117. The van der Waals surface area contributed by atoms with Crippen LogP contribution in [0.5, 0.6) is 0 Å². The molecule has 0 aliphatic carbocycles. The number of amides is 3. The zero-order chi connectivity index (χ0) is 17.1. The van der Waals surface area contributed by atoms with E-state index < -0.39 is 17.9 Å². The van der Waals surface area contributed by atoms with E-state index in [0.29, 0.717) is 12.8 Å². The van der Waals surface area contributed by atoms with E-state index in [1.165, 1.54) is 6.20 Å². The molecule has 1 aromatic heterocycles. The first-order valence-corrected chi connectivity index (χ1v) is 8.09. The highest BCUT2D eigenvalue weighted by Crippen LogP contribution is 2.24. The van der Waals surface area contributed by atoms with Crippen molar-refractivity contribution in [3.05, 3.63) is 52.5 Å². The summed E-state index contributed by atoms with van der Waals surface area (Å²) in [6, 6.07) is 6.22. The molecule has 0 radical (unpaired) electrons. The number of para-hydroxylation sites is 1. The molecular weight excluding hydrogens is 379 g/mol. The Labute approximate surface area is 146 Å². The van der Waals surface area contributed by atoms with Crippen molar-refractivity contribution in [1.82, 2.24) is 10.3 Å². The average molecular weight is 393 g/mol. The van der Waals surface area contributed by atoms with Crippen molar-refractivity contribution in [3.63, 3.8) is 0 Å². The predicted octanol–water partition coefficient (Wildman–Crippen LogP) is 3.06. The number of nitrogens with zero attached hydrogens (tertiary/aromatic N) is 1. The number of halogens is 2. The van der Waals surface area contributed by atoms with Gasteiger partial charge in [-0.25, -0.2) is 9.18 Å². The molecule has 0 fully saturated rings. The molecule has 24 heavy (non-hydrogen) atoms. The molecule has 2 aromatic rings. The van der Waals surface area contributed by atoms with Gasteiger partial charge in [-0.2, -0.15) is 0 Å². The second-order valence-corrected chi connectivity index (χ2v) is 6.11. The zero-order valence-corrected chi connectivity index (χ0v) is 14.1. The molecule has 0 saturated heterocycles. The largest absolute Gasteiger partial charge is 0.326 e. The number of hydrogen-bond acceptors (Lipinski definition) is 3. The molecule has 1 aliphatic heterocycles. The fourth-order valence-corrected chi connectivity index (χ4v) is 2.78. The van der Waals surface area contributed by atoms with Crippen molar-refractivity contribution in [1.29, 1.82) is 0 Å². The number of anilines is 2. The number of nitrogens with one attached hydrogen (secondary N) is 3. The lowest BCUT2D eigenvalue weighted by atomic mass is 10.1. The minimum atomic E-state index is -0.683. The van der Waals surface area contributed by atoms with Crippen LogP contribution in [0.25, 0.3) is 0 Å². The smallest absolute Gasteiger partial charge is 0.319 e. The van der Waals surface area contributed by atoms with Crippen LogP contribution in [0.1, 0.15) is 12.0 Å². The van der Waals surface area contributed by atoms with Gasteiger partial charge in [0, 0.05) is 5.69 Å². The van der Waals surface area contributed by atoms with Gasteiger partial charge in [0.15, 0.2) is 5.82 Å². The summed E-state index contributed by atoms with van der Waals surface area (Å²) in [6.07, 6.45) is 3.48. The summed E-state index contributed by atoms with van der Waals surface area (Å²) in [6.45, 7) is 0. The molecule has 1 aromatic carbocycles. The van der Waals surface area contributed by atoms with Crippen molar-refractivity contribution >= 4 is 39.2 Å². The molecule has 2 heterocycles. The second kappa shape index (κ2) is 6.96. The predicted molar refractivity (Wildman–Crippen MR) is 91.2 cm³/mol. The fourth-order valence-electron chi connectivity index (χ4n) is 2.47. The van der Waals surface area contributed by atoms with E-state index in [1.54, 1.807) is 0 Å². The monoisotopic (exact) mass is 392 g/mol. The number of aromatic nitrogens is 1. The maximum atomic E-state index is 13.4. The van der Waals surface area contributed by atoms with E-state index in [-0.39, 0.29) is 16.1 Å². The lowest BCUT2D eigenvalue weighted by Crippen LogP contribution is -2.45. The Balaban J connectivity index is 1.67. The van der Waals surface area contributed by atoms with Crippen LogP contribution in [0.2, 0.25) is 0 Å². The van der Waals surface area contributed by atoms with E-state index in [0.717, 1.165) is 17.4 Å². The van der Waals surface area contributed by atoms with Gasteiger partial charge < -0.3 is 16.0 Å². The third kappa shape index (κ3) is 3.53. The summed E-state index contributed by atoms with van der Waals surface area (Å²) in [5, 5.41) is 7.89. The Hall–Kier alpha value is -2.48. The number of benzene rings is 1. The number of pyridine rings is 1. The van der Waals surface area contributed by atoms with E-state index in [1.807, 2.05) is 24.3 Å². The minimum absolute atomic E-state index is 0.102. The van der Waals surface area contributed by atoms with Crippen LogP contribution in [-0.2, 0) is 11.2 Å². The summed E-state index contributed by atoms with van der Waals surface area (Å²) < 4.78 is 13.5. The Morgan fingerprint density at radius 1 is 1.33 bits per heavy atom. The number of fused-ring (bicyclic) bond motifs is 1. The van der Waals surface area contributed by atoms with Crippen LogP contribution in [0, 0.1) is 5.82 Å². The third-order valence-corrected chi connectivity index (χ3v) is 4.49. The SMILES string of the molecule is O=C(Nc1cncc(F)c1Br)NC1CCc2ccccc2NC1=O. The Morgan fingerprint density at radius 2 is 2.12 bits per heavy atom. The quantitative estimate of drug-likeness (QED) is 0.734. The first kappa shape index (κ1) is 16.4. The number of carbonyl (C=O) groups is 2. The lowest BCUT2D eigenvalue weighted by Gasteiger charge is -2.16. The molecule has 3 rings (SSSR count). The molecule has 8 heteroatoms. The maximum absolute atomic E-state index is 13.4. The molecule has 3 amide bonds. The van der Waals surface area contributed by atoms with Gasteiger partial charge in [0.05, 0.1) is 22.6 Å². The highest BCUT2D eigenvalue weighted by Gasteiger charge is 2.25. The second-order valence-electron chi connectivity index (χ2n) is 5.32. The van der Waals surface area contributed by atoms with Crippen molar-refractivity contribution in [2.24, 2.45) is 0 Å². The van der Waals surface area contributed by atoms with Crippen LogP contribution >= 0.6 is 15.9 Å². The molecular formula is C16H14BrFN4O2. The van der Waals surface area contributed by atoms with Crippen LogP contribution < -0.4 is 16.0 Å². The van der Waals surface area contributed by atoms with Crippen molar-refractivity contribution in [3.8, 4) is 0 Å². The average Bonchev–Trinajstić information content (AvgIpc) is 2.71. The van der Waals surface area contributed by atoms with Gasteiger partial charge in [0.2, 0.25) is 5.91 Å². The highest BCUT2D eigenvalue weighted by atomic mass is 79.9. The Bertz CT molecular complexity index is 799. The Kier molecular flexibility index (Phi) is 4.75. The summed E-state index contributed by atoms with van der Waals surface area (Å²) in [5.74, 6) is -0.873. The van der Waals surface area contributed by atoms with Crippen molar-refractivity contribution in [2.75, 3.05) is 10.6 Å². The molecule has 3 N–H and O–H groups in total. The standard InChI is InChI=1S/C16H14BrFN4O2/c17-14-10(18)7-19-8-13(14)22-16(24)21-12-6-5-9-3-1-2-4-11(9)20-15(12)23/h1-4,7-8,12H,5-6H2,(H,20,23)(H2,21,22,24). The number of urea groups is 1. The number of rotatable bonds is 2. The highest BCUT2D eigenvalue weighted by molar-refractivity contribution is 9.10. The summed E-state index contributed by atoms with van der Waals surface area (Å²) in [5.41, 5.74) is 1.96. The molecule has 6 nitrogen and oxygen atoms in total. The molecule has 124 valence electrons. The summed E-state index contributed by atoms with van der Waals surface area (Å²) in [7, 11) is 0. The number of aryl methyl sites for hydroxylation is 1. The normalized spacial score (nSPS) is 16.6. The first-order valence-electron chi connectivity index (χ1n) is 7.30. The molecule has 0 saturated carbocycles. The minimum Gasteiger partial charge on any atom is -0.326 e. The molecule has 1 aliphatic rings. The zero-order valence-electron chi connectivity index (χ0n) is 12.5. The maximum Gasteiger partial charge on any atom is 0.319 e. The van der Waals surface area contributed by atoms with Gasteiger partial charge in [-0.05, 0) is 40.4 Å². The molecule has 1 atom stereocenters. The number of carbonyl (C=O) groups excluding carboxylic acids is 2. The van der Waals surface area contributed by atoms with Crippen molar-refractivity contribution < 1.29 is 14.0 Å². The summed E-state index contributed by atoms with van der Waals surface area (Å²) >= 11 is 3.04. The van der Waals surface area contributed by atoms with Crippen molar-refractivity contribution in [2.45, 2.75) is 18.9 Å². The molecule has 1 unspecified atom stereocenters. The van der Waals surface area contributed by atoms with E-state index in [2.05, 4.69) is 36.9 Å². The van der Waals surface area contributed by atoms with E-state index in [9.17, 15) is 14.0 Å². The molecule has 0 spiro atoms. The van der Waals surface area contributed by atoms with Gasteiger partial charge in [-0.1, -0.05) is 18.2 Å². The van der Waals surface area contributed by atoms with Crippen LogP contribution in [0.15, 0.2) is 41.1 Å². The van der Waals surface area contributed by atoms with Gasteiger partial charge in [0.25, 0.3) is 0 Å². The third-order valence-electron chi connectivity index (χ3n) is 3.69. The van der Waals surface area contributed by atoms with Crippen LogP contribution in [0.3, 0.4) is 0 Å². The van der Waals surface area contributed by atoms with Gasteiger partial charge in [-0.3, -0.25) is 9.78 Å². The van der Waals surface area contributed by atoms with Gasteiger partial charge in [-0.15, -0.1) is 0 Å². The van der Waals surface area contributed by atoms with Gasteiger partial charge >= 0.3 is 6.03 Å². The Morgan fingerprint density at radius 3 is 2.96 bits per heavy atom. The fraction of sp³-hybridized carbons (Fsp3) is 0.188. The van der Waals surface area contributed by atoms with E-state index >= 15 is 0 Å². The van der Waals surface area contributed by atoms with Crippen LogP contribution in [0.4, 0.5) is 20.6 Å². The van der Waals surface area contributed by atoms with Crippen LogP contribution in [-0.4, -0.2) is 23.0 Å².